The van der Waals surface area contributed by atoms with Gasteiger partial charge < -0.3 is 16.4 Å². The van der Waals surface area contributed by atoms with Gasteiger partial charge in [0.05, 0.1) is 0 Å². The number of hydrogen-bond acceptors (Lipinski definition) is 3. The Bertz CT molecular complexity index is 448. The first-order valence-electron chi connectivity index (χ1n) is 7.67. The minimum absolute atomic E-state index is 0.0761. The zero-order valence-electron chi connectivity index (χ0n) is 12.7. The molecule has 0 saturated heterocycles. The lowest BCUT2D eigenvalue weighted by Crippen LogP contribution is -2.13. The van der Waals surface area contributed by atoms with Crippen LogP contribution in [0, 0.1) is 5.92 Å². The molecule has 0 aliphatic heterocycles. The van der Waals surface area contributed by atoms with Crippen molar-refractivity contribution < 1.29 is 0 Å². The summed E-state index contributed by atoms with van der Waals surface area (Å²) in [5.41, 5.74) is 9.72. The molecule has 4 N–H and O–H groups in total. The number of rotatable bonds is 8. The van der Waals surface area contributed by atoms with Gasteiger partial charge in [-0.3, -0.25) is 0 Å². The van der Waals surface area contributed by atoms with Crippen molar-refractivity contribution in [1.82, 2.24) is 5.32 Å². The van der Waals surface area contributed by atoms with Crippen LogP contribution in [0.3, 0.4) is 0 Å². The maximum Gasteiger partial charge on any atom is 0.0346 e. The van der Waals surface area contributed by atoms with Crippen molar-refractivity contribution in [2.75, 3.05) is 25.5 Å². The van der Waals surface area contributed by atoms with Gasteiger partial charge in [-0.15, -0.1) is 0 Å². The molecule has 20 heavy (non-hydrogen) atoms. The summed E-state index contributed by atoms with van der Waals surface area (Å²) >= 11 is 0. The summed E-state index contributed by atoms with van der Waals surface area (Å²) in [4.78, 5) is 0. The van der Waals surface area contributed by atoms with E-state index in [0.717, 1.165) is 25.4 Å². The van der Waals surface area contributed by atoms with Crippen LogP contribution in [0.15, 0.2) is 24.3 Å². The zero-order valence-corrected chi connectivity index (χ0v) is 12.7. The van der Waals surface area contributed by atoms with Crippen molar-refractivity contribution in [2.45, 2.75) is 32.2 Å². The lowest BCUT2D eigenvalue weighted by Gasteiger charge is -2.13. The van der Waals surface area contributed by atoms with E-state index in [4.69, 9.17) is 5.73 Å². The Kier molecular flexibility index (Phi) is 5.62. The molecule has 110 valence electrons. The highest BCUT2D eigenvalue weighted by molar-refractivity contribution is 5.62. The molecule has 0 unspecified atom stereocenters. The van der Waals surface area contributed by atoms with Crippen LogP contribution in [-0.4, -0.2) is 20.1 Å². The fourth-order valence-electron chi connectivity index (χ4n) is 2.27. The molecule has 0 bridgehead atoms. The number of nitrogens with one attached hydrogen (secondary N) is 2. The molecule has 0 amide bonds. The third-order valence-electron chi connectivity index (χ3n) is 3.68. The molecule has 1 atom stereocenters. The fourth-order valence-corrected chi connectivity index (χ4v) is 2.27. The summed E-state index contributed by atoms with van der Waals surface area (Å²) in [5.74, 6) is 0.795. The minimum atomic E-state index is 0.0761. The number of hydrogen-bond donors (Lipinski definition) is 3. The first-order chi connectivity index (χ1) is 9.70. The van der Waals surface area contributed by atoms with Gasteiger partial charge in [0.2, 0.25) is 0 Å². The fraction of sp³-hybridized carbons (Fsp3) is 0.529. The normalized spacial score (nSPS) is 16.6. The van der Waals surface area contributed by atoms with Gasteiger partial charge in [0.25, 0.3) is 0 Å². The van der Waals surface area contributed by atoms with Crippen molar-refractivity contribution in [1.29, 1.82) is 0 Å². The number of allylic oxidation sites excluding steroid dienone is 1. The molecule has 1 aromatic carbocycles. The van der Waals surface area contributed by atoms with Crippen molar-refractivity contribution >= 4 is 11.8 Å². The van der Waals surface area contributed by atoms with Crippen LogP contribution in [0.25, 0.3) is 6.08 Å². The second-order valence-electron chi connectivity index (χ2n) is 5.71. The molecule has 1 aliphatic rings. The van der Waals surface area contributed by atoms with Crippen molar-refractivity contribution in [3.63, 3.8) is 0 Å². The number of benzene rings is 1. The second kappa shape index (κ2) is 7.46. The van der Waals surface area contributed by atoms with E-state index in [-0.39, 0.29) is 6.04 Å². The maximum atomic E-state index is 6.06. The molecule has 0 heterocycles. The smallest absolute Gasteiger partial charge is 0.0346 e. The largest absolute Gasteiger partial charge is 0.385 e. The van der Waals surface area contributed by atoms with Crippen LogP contribution >= 0.6 is 0 Å². The standard InChI is InChI=1S/C17H27N3/c1-13(18)17-9-8-16(20-11-3-10-19-2)12-15(17)7-6-14-4-5-14/h6-9,12-14,19-20H,3-5,10-11,18H2,1-2H3/b7-6+/t13-/m0/s1. The Balaban J connectivity index is 2.04. The van der Waals surface area contributed by atoms with Gasteiger partial charge in [0.1, 0.15) is 0 Å². The number of nitrogens with two attached hydrogens (primary N) is 1. The van der Waals surface area contributed by atoms with Crippen LogP contribution in [0.2, 0.25) is 0 Å². The molecular formula is C17H27N3. The van der Waals surface area contributed by atoms with Crippen LogP contribution < -0.4 is 16.4 Å². The monoisotopic (exact) mass is 273 g/mol. The summed E-state index contributed by atoms with van der Waals surface area (Å²) in [6.45, 7) is 4.08. The molecule has 0 aromatic heterocycles. The molecule has 3 nitrogen and oxygen atoms in total. The molecule has 1 aliphatic carbocycles. The number of anilines is 1. The van der Waals surface area contributed by atoms with E-state index < -0.39 is 0 Å². The first kappa shape index (κ1) is 15.1. The van der Waals surface area contributed by atoms with Gasteiger partial charge in [-0.1, -0.05) is 18.2 Å². The van der Waals surface area contributed by atoms with E-state index in [2.05, 4.69) is 41.0 Å². The summed E-state index contributed by atoms with van der Waals surface area (Å²) in [6, 6.07) is 6.58. The third-order valence-corrected chi connectivity index (χ3v) is 3.68. The molecule has 1 saturated carbocycles. The Morgan fingerprint density at radius 2 is 2.15 bits per heavy atom. The predicted octanol–water partition coefficient (Wildman–Crippen LogP) is 3.15. The third kappa shape index (κ3) is 4.66. The van der Waals surface area contributed by atoms with Gasteiger partial charge in [-0.25, -0.2) is 0 Å². The van der Waals surface area contributed by atoms with Crippen LogP contribution in [0.4, 0.5) is 5.69 Å². The Morgan fingerprint density at radius 1 is 1.35 bits per heavy atom. The van der Waals surface area contributed by atoms with Gasteiger partial charge in [-0.2, -0.15) is 0 Å². The second-order valence-corrected chi connectivity index (χ2v) is 5.71. The van der Waals surface area contributed by atoms with E-state index in [1.165, 1.54) is 29.7 Å². The van der Waals surface area contributed by atoms with Crippen LogP contribution in [0.5, 0.6) is 0 Å². The quantitative estimate of drug-likeness (QED) is 0.638. The lowest BCUT2D eigenvalue weighted by molar-refractivity contribution is 0.748. The summed E-state index contributed by atoms with van der Waals surface area (Å²) in [6.07, 6.45) is 8.37. The molecule has 2 rings (SSSR count). The predicted molar refractivity (Wildman–Crippen MR) is 87.8 cm³/mol. The summed E-state index contributed by atoms with van der Waals surface area (Å²) in [7, 11) is 1.98. The van der Waals surface area contributed by atoms with E-state index in [0.29, 0.717) is 0 Å². The highest BCUT2D eigenvalue weighted by Gasteiger charge is 2.17. The van der Waals surface area contributed by atoms with Gasteiger partial charge in [-0.05, 0) is 69.0 Å². The highest BCUT2D eigenvalue weighted by Crippen LogP contribution is 2.32. The van der Waals surface area contributed by atoms with Crippen LogP contribution in [0.1, 0.15) is 43.4 Å². The average molecular weight is 273 g/mol. The first-order valence-corrected chi connectivity index (χ1v) is 7.67. The Hall–Kier alpha value is -1.32. The summed E-state index contributed by atoms with van der Waals surface area (Å²) in [5, 5.41) is 6.64. The van der Waals surface area contributed by atoms with Crippen molar-refractivity contribution in [3.05, 3.63) is 35.4 Å². The Labute approximate surface area is 122 Å². The highest BCUT2D eigenvalue weighted by atomic mass is 14.9. The van der Waals surface area contributed by atoms with E-state index in [9.17, 15) is 0 Å². The van der Waals surface area contributed by atoms with Gasteiger partial charge in [0, 0.05) is 18.3 Å². The SMILES string of the molecule is CNCCCNc1ccc([C@H](C)N)c(/C=C/C2CC2)c1. The molecular weight excluding hydrogens is 246 g/mol. The molecule has 0 radical (unpaired) electrons. The molecule has 3 heteroatoms. The maximum absolute atomic E-state index is 6.06. The lowest BCUT2D eigenvalue weighted by atomic mass is 10.0. The topological polar surface area (TPSA) is 50.1 Å². The van der Waals surface area contributed by atoms with Crippen molar-refractivity contribution in [2.24, 2.45) is 11.7 Å². The Morgan fingerprint density at radius 3 is 2.80 bits per heavy atom. The van der Waals surface area contributed by atoms with E-state index in [1.54, 1.807) is 0 Å². The minimum Gasteiger partial charge on any atom is -0.385 e. The van der Waals surface area contributed by atoms with E-state index >= 15 is 0 Å². The van der Waals surface area contributed by atoms with Crippen LogP contribution in [-0.2, 0) is 0 Å². The van der Waals surface area contributed by atoms with E-state index in [1.807, 2.05) is 14.0 Å². The zero-order chi connectivity index (χ0) is 14.4. The van der Waals surface area contributed by atoms with Crippen molar-refractivity contribution in [3.8, 4) is 0 Å². The van der Waals surface area contributed by atoms with Gasteiger partial charge >= 0.3 is 0 Å². The average Bonchev–Trinajstić information content (AvgIpc) is 3.25. The molecule has 0 spiro atoms. The molecule has 1 aromatic rings. The van der Waals surface area contributed by atoms with Gasteiger partial charge in [0.15, 0.2) is 0 Å². The summed E-state index contributed by atoms with van der Waals surface area (Å²) < 4.78 is 0. The molecule has 1 fully saturated rings.